The van der Waals surface area contributed by atoms with E-state index in [1.54, 1.807) is 12.4 Å². The lowest BCUT2D eigenvalue weighted by Gasteiger charge is -2.21. The molecular weight excluding hydrogens is 290 g/mol. The van der Waals surface area contributed by atoms with Gasteiger partial charge in [0.25, 0.3) is 0 Å². The average Bonchev–Trinajstić information content (AvgIpc) is 3.49. The summed E-state index contributed by atoms with van der Waals surface area (Å²) in [6.07, 6.45) is 9.87. The molecule has 2 aliphatic carbocycles. The predicted molar refractivity (Wildman–Crippen MR) is 87.2 cm³/mol. The van der Waals surface area contributed by atoms with Crippen LogP contribution in [-0.4, -0.2) is 41.7 Å². The number of hydrogen-bond acceptors (Lipinski definition) is 3. The van der Waals surface area contributed by atoms with Gasteiger partial charge in [0.15, 0.2) is 0 Å². The van der Waals surface area contributed by atoms with Crippen molar-refractivity contribution in [1.29, 1.82) is 0 Å². The quantitative estimate of drug-likeness (QED) is 0.878. The van der Waals surface area contributed by atoms with Crippen molar-refractivity contribution in [1.82, 2.24) is 15.2 Å². The van der Waals surface area contributed by atoms with Crippen molar-refractivity contribution in [2.45, 2.75) is 38.2 Å². The number of aromatic nitrogens is 1. The Morgan fingerprint density at radius 3 is 2.74 bits per heavy atom. The number of rotatable bonds is 6. The van der Waals surface area contributed by atoms with Gasteiger partial charge in [-0.2, -0.15) is 0 Å². The molecule has 0 aromatic carbocycles. The monoisotopic (exact) mass is 315 g/mol. The van der Waals surface area contributed by atoms with Crippen LogP contribution in [0.3, 0.4) is 0 Å². The van der Waals surface area contributed by atoms with Crippen LogP contribution in [0.5, 0.6) is 5.75 Å². The summed E-state index contributed by atoms with van der Waals surface area (Å²) in [4.78, 5) is 18.3. The smallest absolute Gasteiger partial charge is 0.317 e. The number of carbonyl (C=O) groups is 1. The van der Waals surface area contributed by atoms with Gasteiger partial charge in [-0.05, 0) is 55.6 Å². The number of urea groups is 1. The van der Waals surface area contributed by atoms with Crippen molar-refractivity contribution < 1.29 is 9.53 Å². The van der Waals surface area contributed by atoms with E-state index < -0.39 is 0 Å². The molecule has 5 heteroatoms. The lowest BCUT2D eigenvalue weighted by atomic mass is 9.98. The van der Waals surface area contributed by atoms with Crippen molar-refractivity contribution in [2.24, 2.45) is 17.8 Å². The van der Waals surface area contributed by atoms with Crippen molar-refractivity contribution in [3.05, 3.63) is 24.5 Å². The molecule has 1 saturated heterocycles. The second kappa shape index (κ2) is 6.38. The number of carbonyl (C=O) groups excluding carboxylic acids is 1. The highest BCUT2D eigenvalue weighted by atomic mass is 16.5. The largest absolute Gasteiger partial charge is 0.487 e. The molecule has 2 saturated carbocycles. The first-order chi connectivity index (χ1) is 11.3. The average molecular weight is 315 g/mol. The van der Waals surface area contributed by atoms with Crippen LogP contribution in [0, 0.1) is 17.8 Å². The number of nitrogens with one attached hydrogen (secondary N) is 1. The van der Waals surface area contributed by atoms with Gasteiger partial charge in [0.1, 0.15) is 11.9 Å². The topological polar surface area (TPSA) is 54.5 Å². The van der Waals surface area contributed by atoms with Gasteiger partial charge in [-0.3, -0.25) is 4.98 Å². The first-order valence-corrected chi connectivity index (χ1v) is 8.89. The van der Waals surface area contributed by atoms with Crippen LogP contribution in [0.2, 0.25) is 0 Å². The molecule has 1 aliphatic heterocycles. The molecule has 3 aliphatic rings. The second-order valence-electron chi connectivity index (χ2n) is 7.19. The maximum Gasteiger partial charge on any atom is 0.317 e. The molecule has 1 atom stereocenters. The molecule has 5 nitrogen and oxygen atoms in total. The highest BCUT2D eigenvalue weighted by molar-refractivity contribution is 5.74. The summed E-state index contributed by atoms with van der Waals surface area (Å²) in [5.74, 6) is 3.26. The zero-order valence-corrected chi connectivity index (χ0v) is 13.5. The van der Waals surface area contributed by atoms with E-state index in [2.05, 4.69) is 10.3 Å². The third-order valence-corrected chi connectivity index (χ3v) is 5.31. The van der Waals surface area contributed by atoms with Crippen LogP contribution < -0.4 is 10.1 Å². The summed E-state index contributed by atoms with van der Waals surface area (Å²) in [5, 5.41) is 3.17. The SMILES string of the molecule is O=C(NCC(C1CC1)C1CC1)N1CC[C@@H](Oc2cccnc2)C1. The van der Waals surface area contributed by atoms with E-state index in [4.69, 9.17) is 4.74 Å². The first kappa shape index (κ1) is 14.8. The van der Waals surface area contributed by atoms with Crippen LogP contribution in [0.1, 0.15) is 32.1 Å². The molecule has 0 radical (unpaired) electrons. The van der Waals surface area contributed by atoms with Gasteiger partial charge in [-0.1, -0.05) is 0 Å². The maximum atomic E-state index is 12.4. The van der Waals surface area contributed by atoms with Gasteiger partial charge in [0, 0.05) is 25.7 Å². The van der Waals surface area contributed by atoms with Crippen LogP contribution in [-0.2, 0) is 0 Å². The standard InChI is InChI=1S/C18H25N3O2/c22-18(20-11-17(13-3-4-13)14-5-6-14)21-9-7-16(12-21)23-15-2-1-8-19-10-15/h1-2,8,10,13-14,16-17H,3-7,9,11-12H2,(H,20,22)/t16-/m1/s1. The summed E-state index contributed by atoms with van der Waals surface area (Å²) in [6, 6.07) is 3.85. The zero-order chi connectivity index (χ0) is 15.6. The highest BCUT2D eigenvalue weighted by Crippen LogP contribution is 2.48. The Labute approximate surface area is 137 Å². The van der Waals surface area contributed by atoms with Crippen LogP contribution in [0.25, 0.3) is 0 Å². The Hall–Kier alpha value is -1.78. The van der Waals surface area contributed by atoms with Crippen molar-refractivity contribution in [3.63, 3.8) is 0 Å². The zero-order valence-electron chi connectivity index (χ0n) is 13.5. The number of pyridine rings is 1. The third kappa shape index (κ3) is 3.77. The van der Waals surface area contributed by atoms with Gasteiger partial charge in [0.2, 0.25) is 0 Å². The third-order valence-electron chi connectivity index (χ3n) is 5.31. The minimum absolute atomic E-state index is 0.0765. The van der Waals surface area contributed by atoms with Crippen molar-refractivity contribution >= 4 is 6.03 Å². The predicted octanol–water partition coefficient (Wildman–Crippen LogP) is 2.68. The molecule has 124 valence electrons. The van der Waals surface area contributed by atoms with Gasteiger partial charge in [-0.15, -0.1) is 0 Å². The van der Waals surface area contributed by atoms with Crippen LogP contribution in [0.4, 0.5) is 4.79 Å². The lowest BCUT2D eigenvalue weighted by molar-refractivity contribution is 0.184. The Morgan fingerprint density at radius 2 is 2.09 bits per heavy atom. The molecule has 1 N–H and O–H groups in total. The number of amides is 2. The molecule has 4 rings (SSSR count). The molecule has 0 unspecified atom stereocenters. The van der Waals surface area contributed by atoms with Crippen molar-refractivity contribution in [3.8, 4) is 5.75 Å². The van der Waals surface area contributed by atoms with Gasteiger partial charge >= 0.3 is 6.03 Å². The van der Waals surface area contributed by atoms with Crippen LogP contribution >= 0.6 is 0 Å². The second-order valence-corrected chi connectivity index (χ2v) is 7.19. The first-order valence-electron chi connectivity index (χ1n) is 8.89. The minimum atomic E-state index is 0.0765. The Bertz CT molecular complexity index is 530. The number of hydrogen-bond donors (Lipinski definition) is 1. The fraction of sp³-hybridized carbons (Fsp3) is 0.667. The molecule has 0 spiro atoms. The van der Waals surface area contributed by atoms with E-state index in [0.29, 0.717) is 6.54 Å². The van der Waals surface area contributed by atoms with E-state index in [0.717, 1.165) is 43.0 Å². The Morgan fingerprint density at radius 1 is 1.30 bits per heavy atom. The fourth-order valence-electron chi connectivity index (χ4n) is 3.70. The molecule has 23 heavy (non-hydrogen) atoms. The van der Waals surface area contributed by atoms with E-state index in [1.807, 2.05) is 17.0 Å². The summed E-state index contributed by atoms with van der Waals surface area (Å²) < 4.78 is 5.89. The van der Waals surface area contributed by atoms with Crippen LogP contribution in [0.15, 0.2) is 24.5 Å². The Balaban J connectivity index is 1.23. The number of nitrogens with zero attached hydrogens (tertiary/aromatic N) is 2. The van der Waals surface area contributed by atoms with E-state index >= 15 is 0 Å². The summed E-state index contributed by atoms with van der Waals surface area (Å²) >= 11 is 0. The molecule has 0 bridgehead atoms. The molecule has 2 amide bonds. The van der Waals surface area contributed by atoms with E-state index in [9.17, 15) is 4.79 Å². The van der Waals surface area contributed by atoms with E-state index in [1.165, 1.54) is 25.7 Å². The minimum Gasteiger partial charge on any atom is -0.487 e. The van der Waals surface area contributed by atoms with Gasteiger partial charge < -0.3 is 15.0 Å². The number of ether oxygens (including phenoxy) is 1. The lowest BCUT2D eigenvalue weighted by Crippen LogP contribution is -2.42. The van der Waals surface area contributed by atoms with Crippen molar-refractivity contribution in [2.75, 3.05) is 19.6 Å². The Kier molecular flexibility index (Phi) is 4.10. The molecule has 1 aromatic rings. The summed E-state index contributed by atoms with van der Waals surface area (Å²) in [5.41, 5.74) is 0. The molecule has 3 fully saturated rings. The molecule has 1 aromatic heterocycles. The normalized spacial score (nSPS) is 24.0. The van der Waals surface area contributed by atoms with E-state index in [-0.39, 0.29) is 12.1 Å². The molecule has 2 heterocycles. The summed E-state index contributed by atoms with van der Waals surface area (Å²) in [7, 11) is 0. The van der Waals surface area contributed by atoms with Gasteiger partial charge in [0.05, 0.1) is 12.7 Å². The number of likely N-dealkylation sites (tertiary alicyclic amines) is 1. The summed E-state index contributed by atoms with van der Waals surface area (Å²) in [6.45, 7) is 2.30. The van der Waals surface area contributed by atoms with Gasteiger partial charge in [-0.25, -0.2) is 4.79 Å². The molecular formula is C18H25N3O2. The maximum absolute atomic E-state index is 12.4. The highest BCUT2D eigenvalue weighted by Gasteiger charge is 2.41. The fourth-order valence-corrected chi connectivity index (χ4v) is 3.70.